The Balaban J connectivity index is 1.92. The highest BCUT2D eigenvalue weighted by molar-refractivity contribution is 5.84. The average molecular weight is 334 g/mol. The predicted molar refractivity (Wildman–Crippen MR) is 102 cm³/mol. The van der Waals surface area contributed by atoms with Crippen molar-refractivity contribution >= 4 is 11.9 Å². The van der Waals surface area contributed by atoms with Crippen molar-refractivity contribution in [2.45, 2.75) is 20.8 Å². The van der Waals surface area contributed by atoms with Crippen molar-refractivity contribution in [2.75, 3.05) is 6.61 Å². The molecule has 25 heavy (non-hydrogen) atoms. The summed E-state index contributed by atoms with van der Waals surface area (Å²) in [5, 5.41) is 9.83. The van der Waals surface area contributed by atoms with Gasteiger partial charge in [0.1, 0.15) is 17.2 Å². The third-order valence-corrected chi connectivity index (χ3v) is 4.10. The van der Waals surface area contributed by atoms with Crippen LogP contribution < -0.4 is 4.74 Å². The third kappa shape index (κ3) is 3.58. The molecule has 4 heteroatoms. The molecule has 1 N–H and O–H groups in total. The van der Waals surface area contributed by atoms with Gasteiger partial charge < -0.3 is 14.4 Å². The molecule has 0 aliphatic carbocycles. The minimum atomic E-state index is 0.180. The first-order valence-electron chi connectivity index (χ1n) is 8.34. The molecule has 1 heterocycles. The quantitative estimate of drug-likeness (QED) is 0.671. The molecule has 0 spiro atoms. The van der Waals surface area contributed by atoms with Crippen LogP contribution in [0.1, 0.15) is 23.9 Å². The second-order valence-electron chi connectivity index (χ2n) is 5.84. The van der Waals surface area contributed by atoms with Crippen molar-refractivity contribution in [1.29, 1.82) is 0 Å². The standard InChI is InChI=1S/C21H22N2O2/c1-4-25-19-11-9-18(10-12-19)23-15(2)13-17(16(23)3)14-22-20-7-5-6-8-21(20)24/h5-14,24H,4H2,1-3H3. The molecule has 128 valence electrons. The molecule has 0 radical (unpaired) electrons. The number of benzene rings is 2. The van der Waals surface area contributed by atoms with E-state index in [2.05, 4.69) is 41.6 Å². The van der Waals surface area contributed by atoms with Crippen molar-refractivity contribution in [2.24, 2.45) is 4.99 Å². The smallest absolute Gasteiger partial charge is 0.141 e. The lowest BCUT2D eigenvalue weighted by molar-refractivity contribution is 0.340. The number of para-hydroxylation sites is 2. The van der Waals surface area contributed by atoms with Gasteiger partial charge in [-0.3, -0.25) is 4.99 Å². The first-order valence-corrected chi connectivity index (χ1v) is 8.34. The Morgan fingerprint density at radius 3 is 2.48 bits per heavy atom. The van der Waals surface area contributed by atoms with Crippen LogP contribution in [0.2, 0.25) is 0 Å². The third-order valence-electron chi connectivity index (χ3n) is 4.10. The van der Waals surface area contributed by atoms with Gasteiger partial charge >= 0.3 is 0 Å². The number of phenols is 1. The highest BCUT2D eigenvalue weighted by Gasteiger charge is 2.09. The molecule has 1 aromatic heterocycles. The molecule has 0 atom stereocenters. The van der Waals surface area contributed by atoms with E-state index >= 15 is 0 Å². The number of hydrogen-bond acceptors (Lipinski definition) is 3. The zero-order valence-corrected chi connectivity index (χ0v) is 14.7. The van der Waals surface area contributed by atoms with Crippen LogP contribution in [-0.2, 0) is 0 Å². The molecular weight excluding hydrogens is 312 g/mol. The lowest BCUT2D eigenvalue weighted by Gasteiger charge is -2.11. The Morgan fingerprint density at radius 1 is 1.08 bits per heavy atom. The van der Waals surface area contributed by atoms with Gasteiger partial charge in [0, 0.05) is 28.9 Å². The fourth-order valence-corrected chi connectivity index (χ4v) is 2.89. The normalized spacial score (nSPS) is 11.2. The minimum absolute atomic E-state index is 0.180. The highest BCUT2D eigenvalue weighted by Crippen LogP contribution is 2.26. The topological polar surface area (TPSA) is 46.8 Å². The number of phenolic OH excluding ortho intramolecular Hbond substituents is 1. The first-order chi connectivity index (χ1) is 12.1. The molecule has 0 saturated heterocycles. The number of hydrogen-bond donors (Lipinski definition) is 1. The molecule has 4 nitrogen and oxygen atoms in total. The fraction of sp³-hybridized carbons (Fsp3) is 0.190. The number of aliphatic imine (C=N–C) groups is 1. The predicted octanol–water partition coefficient (Wildman–Crippen LogP) is 4.95. The number of rotatable bonds is 5. The molecule has 0 aliphatic heterocycles. The zero-order chi connectivity index (χ0) is 17.8. The maximum absolute atomic E-state index is 9.83. The van der Waals surface area contributed by atoms with Crippen molar-refractivity contribution < 1.29 is 9.84 Å². The van der Waals surface area contributed by atoms with Crippen LogP contribution in [-0.4, -0.2) is 22.5 Å². The Hall–Kier alpha value is -3.01. The van der Waals surface area contributed by atoms with Crippen LogP contribution in [0.25, 0.3) is 5.69 Å². The Labute approximate surface area is 148 Å². The van der Waals surface area contributed by atoms with Crippen LogP contribution >= 0.6 is 0 Å². The second kappa shape index (κ2) is 7.26. The summed E-state index contributed by atoms with van der Waals surface area (Å²) < 4.78 is 7.69. The molecule has 0 fully saturated rings. The number of aromatic hydroxyl groups is 1. The molecule has 0 saturated carbocycles. The summed E-state index contributed by atoms with van der Waals surface area (Å²) in [6, 6.07) is 17.2. The molecule has 0 aliphatic rings. The summed E-state index contributed by atoms with van der Waals surface area (Å²) in [5.41, 5.74) is 4.89. The molecule has 2 aromatic carbocycles. The number of nitrogens with zero attached hydrogens (tertiary/aromatic N) is 2. The number of aromatic nitrogens is 1. The van der Waals surface area contributed by atoms with E-state index in [1.54, 1.807) is 24.4 Å². The monoisotopic (exact) mass is 334 g/mol. The van der Waals surface area contributed by atoms with Crippen molar-refractivity contribution in [3.63, 3.8) is 0 Å². The summed E-state index contributed by atoms with van der Waals surface area (Å²) in [6.45, 7) is 6.77. The van der Waals surface area contributed by atoms with E-state index < -0.39 is 0 Å². The average Bonchev–Trinajstić information content (AvgIpc) is 2.89. The lowest BCUT2D eigenvalue weighted by Crippen LogP contribution is -2.00. The van der Waals surface area contributed by atoms with Crippen molar-refractivity contribution in [3.05, 3.63) is 71.5 Å². The van der Waals surface area contributed by atoms with Crippen LogP contribution in [0.15, 0.2) is 59.6 Å². The molecule has 0 bridgehead atoms. The van der Waals surface area contributed by atoms with E-state index in [9.17, 15) is 5.11 Å². The second-order valence-corrected chi connectivity index (χ2v) is 5.84. The van der Waals surface area contributed by atoms with Gasteiger partial charge in [-0.2, -0.15) is 0 Å². The van der Waals surface area contributed by atoms with Crippen LogP contribution in [0.5, 0.6) is 11.5 Å². The zero-order valence-electron chi connectivity index (χ0n) is 14.7. The van der Waals surface area contributed by atoms with Crippen LogP contribution in [0.3, 0.4) is 0 Å². The Kier molecular flexibility index (Phi) is 4.89. The molecule has 0 unspecified atom stereocenters. The summed E-state index contributed by atoms with van der Waals surface area (Å²) in [4.78, 5) is 4.42. The highest BCUT2D eigenvalue weighted by atomic mass is 16.5. The van der Waals surface area contributed by atoms with E-state index in [0.717, 1.165) is 28.4 Å². The molecular formula is C21H22N2O2. The minimum Gasteiger partial charge on any atom is -0.506 e. The van der Waals surface area contributed by atoms with Gasteiger partial charge in [0.15, 0.2) is 0 Å². The van der Waals surface area contributed by atoms with E-state index in [1.165, 1.54) is 0 Å². The number of aryl methyl sites for hydroxylation is 1. The maximum Gasteiger partial charge on any atom is 0.141 e. The van der Waals surface area contributed by atoms with Gasteiger partial charge in [0.25, 0.3) is 0 Å². The van der Waals surface area contributed by atoms with Gasteiger partial charge in [-0.05, 0) is 63.2 Å². The largest absolute Gasteiger partial charge is 0.506 e. The molecule has 3 rings (SSSR count). The molecule has 3 aromatic rings. The molecule has 0 amide bonds. The van der Waals surface area contributed by atoms with Gasteiger partial charge in [0.05, 0.1) is 6.61 Å². The Bertz CT molecular complexity index is 893. The van der Waals surface area contributed by atoms with Crippen LogP contribution in [0.4, 0.5) is 5.69 Å². The van der Waals surface area contributed by atoms with Gasteiger partial charge in [-0.1, -0.05) is 12.1 Å². The summed E-state index contributed by atoms with van der Waals surface area (Å²) >= 11 is 0. The SMILES string of the molecule is CCOc1ccc(-n2c(C)cc(C=Nc3ccccc3O)c2C)cc1. The maximum atomic E-state index is 9.83. The fourth-order valence-electron chi connectivity index (χ4n) is 2.89. The summed E-state index contributed by atoms with van der Waals surface area (Å²) in [7, 11) is 0. The van der Waals surface area contributed by atoms with E-state index in [-0.39, 0.29) is 5.75 Å². The van der Waals surface area contributed by atoms with Crippen molar-refractivity contribution in [1.82, 2.24) is 4.57 Å². The number of ether oxygens (including phenoxy) is 1. The van der Waals surface area contributed by atoms with Gasteiger partial charge in [0.2, 0.25) is 0 Å². The van der Waals surface area contributed by atoms with Crippen molar-refractivity contribution in [3.8, 4) is 17.2 Å². The van der Waals surface area contributed by atoms with Gasteiger partial charge in [-0.25, -0.2) is 0 Å². The van der Waals surface area contributed by atoms with E-state index in [1.807, 2.05) is 25.1 Å². The van der Waals surface area contributed by atoms with E-state index in [0.29, 0.717) is 12.3 Å². The van der Waals surface area contributed by atoms with Gasteiger partial charge in [-0.15, -0.1) is 0 Å². The lowest BCUT2D eigenvalue weighted by atomic mass is 10.2. The Morgan fingerprint density at radius 2 is 1.80 bits per heavy atom. The first kappa shape index (κ1) is 16.8. The summed E-state index contributed by atoms with van der Waals surface area (Å²) in [6.07, 6.45) is 1.79. The van der Waals surface area contributed by atoms with E-state index in [4.69, 9.17) is 4.74 Å². The summed E-state index contributed by atoms with van der Waals surface area (Å²) in [5.74, 6) is 1.05. The van der Waals surface area contributed by atoms with Crippen LogP contribution in [0, 0.1) is 13.8 Å².